The van der Waals surface area contributed by atoms with Crippen molar-refractivity contribution in [3.05, 3.63) is 35.8 Å². The molecule has 2 aromatic rings. The van der Waals surface area contributed by atoms with Crippen LogP contribution in [-0.2, 0) is 4.74 Å². The number of carbonyl (C=O) groups excluding carboxylic acids is 1. The second kappa shape index (κ2) is 8.78. The molecule has 1 aromatic heterocycles. The summed E-state index contributed by atoms with van der Waals surface area (Å²) in [6.07, 6.45) is 2.77. The Morgan fingerprint density at radius 3 is 2.77 bits per heavy atom. The third kappa shape index (κ3) is 5.32. The summed E-state index contributed by atoms with van der Waals surface area (Å²) in [5.74, 6) is 0.998. The van der Waals surface area contributed by atoms with E-state index in [0.29, 0.717) is 30.4 Å². The molecular weight excluding hydrogens is 382 g/mol. The molecule has 1 saturated heterocycles. The highest BCUT2D eigenvalue weighted by atomic mass is 16.6. The van der Waals surface area contributed by atoms with Gasteiger partial charge in [-0.3, -0.25) is 0 Å². The molecule has 0 radical (unpaired) electrons. The van der Waals surface area contributed by atoms with Crippen LogP contribution in [0, 0.1) is 6.57 Å². The van der Waals surface area contributed by atoms with E-state index in [1.54, 1.807) is 17.2 Å². The molecule has 3 rings (SSSR count). The van der Waals surface area contributed by atoms with Crippen molar-refractivity contribution in [2.24, 2.45) is 0 Å². The van der Waals surface area contributed by atoms with E-state index in [9.17, 15) is 4.79 Å². The van der Waals surface area contributed by atoms with Crippen LogP contribution in [0.3, 0.4) is 0 Å². The van der Waals surface area contributed by atoms with Crippen LogP contribution in [0.2, 0.25) is 0 Å². The first-order valence-corrected chi connectivity index (χ1v) is 10.3. The van der Waals surface area contributed by atoms with Crippen molar-refractivity contribution in [2.45, 2.75) is 65.3 Å². The molecule has 30 heavy (non-hydrogen) atoms. The molecule has 1 aliphatic heterocycles. The van der Waals surface area contributed by atoms with Gasteiger partial charge in [-0.1, -0.05) is 0 Å². The van der Waals surface area contributed by atoms with E-state index in [2.05, 4.69) is 9.83 Å². The van der Waals surface area contributed by atoms with E-state index in [4.69, 9.17) is 20.8 Å². The van der Waals surface area contributed by atoms with Gasteiger partial charge in [-0.25, -0.2) is 14.6 Å². The van der Waals surface area contributed by atoms with Crippen LogP contribution >= 0.6 is 0 Å². The quantitative estimate of drug-likeness (QED) is 0.635. The Bertz CT molecular complexity index is 959. The SMILES string of the molecule is [C-]#[N+]c1cc2ccnc(O[C@@H]3CCCN(C(=O)OC(C)(C)C)C3)c2cc1OC(C)C. The van der Waals surface area contributed by atoms with E-state index in [1.807, 2.05) is 46.8 Å². The summed E-state index contributed by atoms with van der Waals surface area (Å²) in [4.78, 5) is 22.1. The third-order valence-corrected chi connectivity index (χ3v) is 4.60. The van der Waals surface area contributed by atoms with Crippen LogP contribution in [0.25, 0.3) is 15.6 Å². The van der Waals surface area contributed by atoms with Gasteiger partial charge in [0.25, 0.3) is 0 Å². The van der Waals surface area contributed by atoms with E-state index < -0.39 is 5.60 Å². The smallest absolute Gasteiger partial charge is 0.410 e. The number of nitrogens with zero attached hydrogens (tertiary/aromatic N) is 3. The summed E-state index contributed by atoms with van der Waals surface area (Å²) >= 11 is 0. The van der Waals surface area contributed by atoms with Crippen LogP contribution in [-0.4, -0.2) is 46.9 Å². The Labute approximate surface area is 177 Å². The largest absolute Gasteiger partial charge is 0.502 e. The Morgan fingerprint density at radius 2 is 2.10 bits per heavy atom. The Hall–Kier alpha value is -3.01. The highest BCUT2D eigenvalue weighted by Crippen LogP contribution is 2.37. The van der Waals surface area contributed by atoms with Crippen LogP contribution in [0.1, 0.15) is 47.5 Å². The molecule has 0 unspecified atom stereocenters. The van der Waals surface area contributed by atoms with Crippen molar-refractivity contribution < 1.29 is 19.0 Å². The molecule has 1 aliphatic rings. The number of hydrogen-bond acceptors (Lipinski definition) is 5. The van der Waals surface area contributed by atoms with Gasteiger partial charge in [-0.15, -0.1) is 0 Å². The average Bonchev–Trinajstić information content (AvgIpc) is 2.66. The fraction of sp³-hybridized carbons (Fsp3) is 0.522. The van der Waals surface area contributed by atoms with Crippen molar-refractivity contribution in [3.63, 3.8) is 0 Å². The Balaban J connectivity index is 1.83. The molecule has 0 N–H and O–H groups in total. The summed E-state index contributed by atoms with van der Waals surface area (Å²) in [6, 6.07) is 5.46. The highest BCUT2D eigenvalue weighted by molar-refractivity contribution is 5.92. The maximum absolute atomic E-state index is 12.4. The number of pyridine rings is 1. The second-order valence-corrected chi connectivity index (χ2v) is 8.74. The number of fused-ring (bicyclic) bond motifs is 1. The number of piperidine rings is 1. The first-order chi connectivity index (χ1) is 14.2. The lowest BCUT2D eigenvalue weighted by atomic mass is 10.1. The van der Waals surface area contributed by atoms with Gasteiger partial charge < -0.3 is 19.1 Å². The number of amides is 1. The summed E-state index contributed by atoms with van der Waals surface area (Å²) in [7, 11) is 0. The molecular formula is C23H29N3O4. The molecule has 160 valence electrons. The number of benzene rings is 1. The zero-order valence-electron chi connectivity index (χ0n) is 18.3. The minimum absolute atomic E-state index is 0.0512. The number of carbonyl (C=O) groups is 1. The number of aromatic nitrogens is 1. The molecule has 0 saturated carbocycles. The summed E-state index contributed by atoms with van der Waals surface area (Å²) in [5.41, 5.74) is -0.0720. The first kappa shape index (κ1) is 21.7. The molecule has 2 heterocycles. The zero-order chi connectivity index (χ0) is 21.9. The lowest BCUT2D eigenvalue weighted by Crippen LogP contribution is -2.46. The third-order valence-electron chi connectivity index (χ3n) is 4.60. The van der Waals surface area contributed by atoms with E-state index in [0.717, 1.165) is 23.6 Å². The standard InChI is InChI=1S/C23H29N3O4/c1-15(2)28-20-13-18-16(12-19(20)24-6)9-10-25-21(18)29-17-8-7-11-26(14-17)22(27)30-23(3,4)5/h9-10,12-13,15,17H,7-8,11,14H2,1-5H3/t17-/m1/s1. The van der Waals surface area contributed by atoms with Gasteiger partial charge in [-0.05, 0) is 71.0 Å². The fourth-order valence-corrected chi connectivity index (χ4v) is 3.38. The molecule has 7 nitrogen and oxygen atoms in total. The summed E-state index contributed by atoms with van der Waals surface area (Å²) in [6.45, 7) is 18.0. The van der Waals surface area contributed by atoms with Crippen LogP contribution in [0.5, 0.6) is 11.6 Å². The highest BCUT2D eigenvalue weighted by Gasteiger charge is 2.29. The van der Waals surface area contributed by atoms with E-state index in [-0.39, 0.29) is 18.3 Å². The van der Waals surface area contributed by atoms with Crippen molar-refractivity contribution in [2.75, 3.05) is 13.1 Å². The first-order valence-electron chi connectivity index (χ1n) is 10.3. The van der Waals surface area contributed by atoms with Gasteiger partial charge in [0.05, 0.1) is 19.2 Å². The predicted molar refractivity (Wildman–Crippen MR) is 115 cm³/mol. The summed E-state index contributed by atoms with van der Waals surface area (Å²) in [5, 5.41) is 1.65. The average molecular weight is 412 g/mol. The molecule has 0 bridgehead atoms. The normalized spacial score (nSPS) is 17.0. The molecule has 7 heteroatoms. The van der Waals surface area contributed by atoms with Crippen LogP contribution in [0.15, 0.2) is 24.4 Å². The van der Waals surface area contributed by atoms with Crippen LogP contribution < -0.4 is 9.47 Å². The number of ether oxygens (including phenoxy) is 3. The van der Waals surface area contributed by atoms with E-state index >= 15 is 0 Å². The number of rotatable bonds is 4. The van der Waals surface area contributed by atoms with Gasteiger partial charge in [0.2, 0.25) is 11.6 Å². The Morgan fingerprint density at radius 1 is 1.33 bits per heavy atom. The van der Waals surface area contributed by atoms with Crippen molar-refractivity contribution in [1.29, 1.82) is 0 Å². The lowest BCUT2D eigenvalue weighted by Gasteiger charge is -2.34. The maximum Gasteiger partial charge on any atom is 0.410 e. The monoisotopic (exact) mass is 411 g/mol. The molecule has 1 amide bonds. The topological polar surface area (TPSA) is 65.2 Å². The molecule has 1 aromatic carbocycles. The molecule has 0 aliphatic carbocycles. The lowest BCUT2D eigenvalue weighted by molar-refractivity contribution is 0.00743. The van der Waals surface area contributed by atoms with Gasteiger partial charge >= 0.3 is 6.09 Å². The molecule has 1 atom stereocenters. The van der Waals surface area contributed by atoms with Crippen LogP contribution in [0.4, 0.5) is 10.5 Å². The van der Waals surface area contributed by atoms with Crippen molar-refractivity contribution >= 4 is 22.6 Å². The second-order valence-electron chi connectivity index (χ2n) is 8.74. The van der Waals surface area contributed by atoms with Crippen molar-refractivity contribution in [3.8, 4) is 11.6 Å². The van der Waals surface area contributed by atoms with Gasteiger partial charge in [0.1, 0.15) is 17.5 Å². The fourth-order valence-electron chi connectivity index (χ4n) is 3.38. The van der Waals surface area contributed by atoms with Gasteiger partial charge in [0, 0.05) is 18.1 Å². The predicted octanol–water partition coefficient (Wildman–Crippen LogP) is 5.35. The van der Waals surface area contributed by atoms with E-state index in [1.165, 1.54) is 0 Å². The number of likely N-dealkylation sites (tertiary alicyclic amines) is 1. The van der Waals surface area contributed by atoms with Crippen molar-refractivity contribution in [1.82, 2.24) is 9.88 Å². The Kier molecular flexibility index (Phi) is 6.35. The molecule has 0 spiro atoms. The molecule has 1 fully saturated rings. The zero-order valence-corrected chi connectivity index (χ0v) is 18.3. The maximum atomic E-state index is 12.4. The summed E-state index contributed by atoms with van der Waals surface area (Å²) < 4.78 is 17.5. The van der Waals surface area contributed by atoms with Gasteiger partial charge in [0.15, 0.2) is 0 Å². The minimum atomic E-state index is -0.532. The number of hydrogen-bond donors (Lipinski definition) is 0. The minimum Gasteiger partial charge on any atom is -0.502 e. The van der Waals surface area contributed by atoms with Gasteiger partial charge in [-0.2, -0.15) is 0 Å².